The van der Waals surface area contributed by atoms with Crippen molar-refractivity contribution in [3.05, 3.63) is 64.0 Å². The summed E-state index contributed by atoms with van der Waals surface area (Å²) in [4.78, 5) is 4.20. The highest BCUT2D eigenvalue weighted by atomic mass is 35.5. The molecule has 5 nitrogen and oxygen atoms in total. The van der Waals surface area contributed by atoms with Crippen LogP contribution in [0.5, 0.6) is 0 Å². The fourth-order valence-corrected chi connectivity index (χ4v) is 2.87. The number of rotatable bonds is 4. The molecule has 0 amide bonds. The normalized spacial score (nSPS) is 11.3. The summed E-state index contributed by atoms with van der Waals surface area (Å²) in [5.74, 6) is 0.542. The average Bonchev–Trinajstić information content (AvgIpc) is 3.10. The molecule has 2 aromatic carbocycles. The van der Waals surface area contributed by atoms with Gasteiger partial charge in [0.25, 0.3) is 0 Å². The molecule has 0 saturated heterocycles. The van der Waals surface area contributed by atoms with Crippen LogP contribution in [-0.4, -0.2) is 15.3 Å². The Bertz CT molecular complexity index is 1010. The molecular weight excluding hydrogens is 436 g/mol. The van der Waals surface area contributed by atoms with Crippen LogP contribution < -0.4 is 10.6 Å². The lowest BCUT2D eigenvalue weighted by Crippen LogP contribution is -2.28. The maximum atomic E-state index is 12.9. The van der Waals surface area contributed by atoms with Gasteiger partial charge < -0.3 is 15.2 Å². The Balaban J connectivity index is 1.62. The number of nitrogens with zero attached hydrogens (tertiary/aromatic N) is 2. The molecule has 0 aliphatic heterocycles. The predicted octanol–water partition coefficient (Wildman–Crippen LogP) is 5.55. The lowest BCUT2D eigenvalue weighted by Gasteiger charge is -2.13. The molecule has 11 heteroatoms. The molecule has 1 aromatic heterocycles. The summed E-state index contributed by atoms with van der Waals surface area (Å²) < 4.78 is 43.8. The molecule has 0 atom stereocenters. The first-order chi connectivity index (χ1) is 13.2. The lowest BCUT2D eigenvalue weighted by molar-refractivity contribution is -0.137. The van der Waals surface area contributed by atoms with E-state index in [1.807, 2.05) is 0 Å². The van der Waals surface area contributed by atoms with E-state index in [0.29, 0.717) is 16.4 Å². The van der Waals surface area contributed by atoms with Crippen molar-refractivity contribution in [3.63, 3.8) is 0 Å². The van der Waals surface area contributed by atoms with Crippen LogP contribution in [0.1, 0.15) is 11.5 Å². The Morgan fingerprint density at radius 3 is 2.57 bits per heavy atom. The highest BCUT2D eigenvalue weighted by Gasteiger charge is 2.33. The first kappa shape index (κ1) is 20.4. The number of alkyl halides is 3. The van der Waals surface area contributed by atoms with Gasteiger partial charge in [0, 0.05) is 11.3 Å². The second kappa shape index (κ2) is 8.34. The van der Waals surface area contributed by atoms with Crippen LogP contribution in [0, 0.1) is 0 Å². The van der Waals surface area contributed by atoms with Gasteiger partial charge in [-0.1, -0.05) is 40.5 Å². The molecule has 3 aromatic rings. The number of nitrogens with one attached hydrogen (secondary N) is 2. The van der Waals surface area contributed by atoms with Gasteiger partial charge in [-0.05, 0) is 42.5 Å². The van der Waals surface area contributed by atoms with E-state index in [-0.39, 0.29) is 23.2 Å². The summed E-state index contributed by atoms with van der Waals surface area (Å²) in [5, 5.41) is 9.43. The van der Waals surface area contributed by atoms with Crippen LogP contribution in [0.3, 0.4) is 0 Å². The third-order valence-corrected chi connectivity index (χ3v) is 4.42. The molecule has 146 valence electrons. The van der Waals surface area contributed by atoms with Crippen molar-refractivity contribution in [2.45, 2.75) is 12.7 Å². The molecule has 0 aliphatic carbocycles. The number of thiocarbonyl (C=S) groups is 1. The maximum absolute atomic E-state index is 12.9. The lowest BCUT2D eigenvalue weighted by atomic mass is 10.2. The van der Waals surface area contributed by atoms with Gasteiger partial charge in [0.1, 0.15) is 0 Å². The minimum Gasteiger partial charge on any atom is -0.353 e. The number of hydrogen-bond donors (Lipinski definition) is 2. The molecule has 3 rings (SSSR count). The fourth-order valence-electron chi connectivity index (χ4n) is 2.23. The van der Waals surface area contributed by atoms with Crippen LogP contribution in [0.25, 0.3) is 11.4 Å². The Kier molecular flexibility index (Phi) is 6.07. The molecule has 28 heavy (non-hydrogen) atoms. The molecule has 0 spiro atoms. The molecule has 0 aliphatic rings. The molecule has 0 radical (unpaired) electrons. The van der Waals surface area contributed by atoms with Gasteiger partial charge in [-0.3, -0.25) is 0 Å². The van der Waals surface area contributed by atoms with Gasteiger partial charge in [-0.25, -0.2) is 0 Å². The number of anilines is 1. The molecule has 0 fully saturated rings. The van der Waals surface area contributed by atoms with E-state index in [0.717, 1.165) is 12.1 Å². The Morgan fingerprint density at radius 1 is 1.11 bits per heavy atom. The quantitative estimate of drug-likeness (QED) is 0.512. The van der Waals surface area contributed by atoms with E-state index >= 15 is 0 Å². The zero-order valence-corrected chi connectivity index (χ0v) is 16.2. The zero-order chi connectivity index (χ0) is 20.3. The second-order valence-corrected chi connectivity index (χ2v) is 6.71. The smallest absolute Gasteiger partial charge is 0.353 e. The van der Waals surface area contributed by atoms with Crippen LogP contribution in [0.4, 0.5) is 18.9 Å². The van der Waals surface area contributed by atoms with Gasteiger partial charge >= 0.3 is 6.18 Å². The second-order valence-electron chi connectivity index (χ2n) is 5.49. The Labute approximate surface area is 172 Å². The maximum Gasteiger partial charge on any atom is 0.417 e. The third kappa shape index (κ3) is 4.92. The van der Waals surface area contributed by atoms with Crippen LogP contribution in [-0.2, 0) is 12.7 Å². The SMILES string of the molecule is FC(F)(F)c1cc(NC(=S)NCc2nc(-c3ccccc3Cl)no2)ccc1Cl. The monoisotopic (exact) mass is 446 g/mol. The molecule has 0 saturated carbocycles. The number of halogens is 5. The predicted molar refractivity (Wildman–Crippen MR) is 104 cm³/mol. The zero-order valence-electron chi connectivity index (χ0n) is 13.8. The average molecular weight is 447 g/mol. The number of aromatic nitrogens is 2. The molecular formula is C17H11Cl2F3N4OS. The van der Waals surface area contributed by atoms with Crippen molar-refractivity contribution < 1.29 is 17.7 Å². The minimum atomic E-state index is -4.57. The van der Waals surface area contributed by atoms with Crippen molar-refractivity contribution >= 4 is 46.2 Å². The number of hydrogen-bond acceptors (Lipinski definition) is 4. The standard InChI is InChI=1S/C17H11Cl2F3N4OS/c18-12-4-2-1-3-10(12)15-25-14(27-26-15)8-23-16(28)24-9-5-6-13(19)11(7-9)17(20,21)22/h1-7H,8H2,(H2,23,24,28). The van der Waals surface area contributed by atoms with Crippen molar-refractivity contribution in [2.75, 3.05) is 5.32 Å². The van der Waals surface area contributed by atoms with Crippen molar-refractivity contribution in [1.29, 1.82) is 0 Å². The summed E-state index contributed by atoms with van der Waals surface area (Å²) in [5.41, 5.74) is -0.208. The van der Waals surface area contributed by atoms with Crippen LogP contribution in [0.15, 0.2) is 47.0 Å². The van der Waals surface area contributed by atoms with Crippen molar-refractivity contribution in [2.24, 2.45) is 0 Å². The van der Waals surface area contributed by atoms with Crippen LogP contribution in [0.2, 0.25) is 10.0 Å². The topological polar surface area (TPSA) is 63.0 Å². The fraction of sp³-hybridized carbons (Fsp3) is 0.118. The molecule has 0 bridgehead atoms. The Morgan fingerprint density at radius 2 is 1.86 bits per heavy atom. The highest BCUT2D eigenvalue weighted by molar-refractivity contribution is 7.80. The van der Waals surface area contributed by atoms with E-state index < -0.39 is 16.8 Å². The first-order valence-corrected chi connectivity index (χ1v) is 8.89. The molecule has 2 N–H and O–H groups in total. The molecule has 1 heterocycles. The van der Waals surface area contributed by atoms with Gasteiger partial charge in [0.05, 0.1) is 22.2 Å². The van der Waals surface area contributed by atoms with E-state index in [1.54, 1.807) is 24.3 Å². The third-order valence-electron chi connectivity index (χ3n) is 3.51. The van der Waals surface area contributed by atoms with Gasteiger partial charge in [0.15, 0.2) is 5.11 Å². The summed E-state index contributed by atoms with van der Waals surface area (Å²) in [6.07, 6.45) is -4.57. The van der Waals surface area contributed by atoms with Gasteiger partial charge in [-0.2, -0.15) is 18.2 Å². The summed E-state index contributed by atoms with van der Waals surface area (Å²) in [6.45, 7) is 0.0724. The van der Waals surface area contributed by atoms with E-state index in [4.69, 9.17) is 39.9 Å². The summed E-state index contributed by atoms with van der Waals surface area (Å²) in [6, 6.07) is 10.4. The van der Waals surface area contributed by atoms with E-state index in [9.17, 15) is 13.2 Å². The number of benzene rings is 2. The van der Waals surface area contributed by atoms with Crippen LogP contribution >= 0.6 is 35.4 Å². The van der Waals surface area contributed by atoms with Gasteiger partial charge in [0.2, 0.25) is 11.7 Å². The minimum absolute atomic E-state index is 0.0724. The molecule has 0 unspecified atom stereocenters. The highest BCUT2D eigenvalue weighted by Crippen LogP contribution is 2.36. The summed E-state index contributed by atoms with van der Waals surface area (Å²) in [7, 11) is 0. The van der Waals surface area contributed by atoms with E-state index in [2.05, 4.69) is 20.8 Å². The summed E-state index contributed by atoms with van der Waals surface area (Å²) >= 11 is 16.8. The van der Waals surface area contributed by atoms with Crippen molar-refractivity contribution in [1.82, 2.24) is 15.5 Å². The van der Waals surface area contributed by atoms with E-state index in [1.165, 1.54) is 6.07 Å². The van der Waals surface area contributed by atoms with Crippen molar-refractivity contribution in [3.8, 4) is 11.4 Å². The Hall–Kier alpha value is -2.36. The van der Waals surface area contributed by atoms with Gasteiger partial charge in [-0.15, -0.1) is 0 Å². The largest absolute Gasteiger partial charge is 0.417 e. The first-order valence-electron chi connectivity index (χ1n) is 7.73.